The molecule has 2 heterocycles. The molecule has 5 rings (SSSR count). The molecule has 8 heteroatoms. The fraction of sp³-hybridized carbons (Fsp3) is 0.290. The zero-order valence-electron chi connectivity index (χ0n) is 22.2. The van der Waals surface area contributed by atoms with Gasteiger partial charge in [0.1, 0.15) is 11.5 Å². The Kier molecular flexibility index (Phi) is 8.01. The first-order chi connectivity index (χ1) is 19.1. The SMILES string of the molecule is COc1ccc(-c2nc3ccc(C(=O)OCC(=O)N4CCCCCC4)cc3nc2-c2ccc(OC)cc2)cc1. The third-order valence-corrected chi connectivity index (χ3v) is 6.91. The number of esters is 1. The summed E-state index contributed by atoms with van der Waals surface area (Å²) < 4.78 is 16.0. The molecule has 0 unspecified atom stereocenters. The highest BCUT2D eigenvalue weighted by Gasteiger charge is 2.19. The number of amides is 1. The van der Waals surface area contributed by atoms with Crippen molar-refractivity contribution in [1.29, 1.82) is 0 Å². The van der Waals surface area contributed by atoms with E-state index in [-0.39, 0.29) is 12.5 Å². The Hall–Kier alpha value is -4.46. The van der Waals surface area contributed by atoms with Crippen LogP contribution in [0.3, 0.4) is 0 Å². The molecule has 0 N–H and O–H groups in total. The van der Waals surface area contributed by atoms with Crippen molar-refractivity contribution in [2.24, 2.45) is 0 Å². The summed E-state index contributed by atoms with van der Waals surface area (Å²) in [6.07, 6.45) is 4.22. The second-order valence-electron chi connectivity index (χ2n) is 9.45. The highest BCUT2D eigenvalue weighted by atomic mass is 16.5. The van der Waals surface area contributed by atoms with Crippen molar-refractivity contribution < 1.29 is 23.8 Å². The first-order valence-electron chi connectivity index (χ1n) is 13.1. The number of nitrogens with zero attached hydrogens (tertiary/aromatic N) is 3. The van der Waals surface area contributed by atoms with Gasteiger partial charge in [0.05, 0.1) is 42.2 Å². The Bertz CT molecular complexity index is 1460. The largest absolute Gasteiger partial charge is 0.497 e. The monoisotopic (exact) mass is 525 g/mol. The summed E-state index contributed by atoms with van der Waals surface area (Å²) in [7, 11) is 3.25. The van der Waals surface area contributed by atoms with E-state index in [9.17, 15) is 9.59 Å². The summed E-state index contributed by atoms with van der Waals surface area (Å²) >= 11 is 0. The van der Waals surface area contributed by atoms with Gasteiger partial charge in [-0.2, -0.15) is 0 Å². The summed E-state index contributed by atoms with van der Waals surface area (Å²) in [5, 5.41) is 0. The van der Waals surface area contributed by atoms with Crippen molar-refractivity contribution in [3.63, 3.8) is 0 Å². The van der Waals surface area contributed by atoms with Crippen LogP contribution in [-0.4, -0.2) is 60.7 Å². The van der Waals surface area contributed by atoms with E-state index in [0.717, 1.165) is 48.3 Å². The average molecular weight is 526 g/mol. The van der Waals surface area contributed by atoms with Gasteiger partial charge in [-0.05, 0) is 79.6 Å². The molecule has 1 fully saturated rings. The van der Waals surface area contributed by atoms with Crippen molar-refractivity contribution in [2.75, 3.05) is 33.9 Å². The number of carbonyl (C=O) groups excluding carboxylic acids is 2. The quantitative estimate of drug-likeness (QED) is 0.293. The Morgan fingerprint density at radius 1 is 0.718 bits per heavy atom. The molecule has 1 aliphatic rings. The Morgan fingerprint density at radius 2 is 1.26 bits per heavy atom. The van der Waals surface area contributed by atoms with Gasteiger partial charge < -0.3 is 19.1 Å². The summed E-state index contributed by atoms with van der Waals surface area (Å²) in [6, 6.07) is 20.3. The Balaban J connectivity index is 1.45. The molecular weight excluding hydrogens is 494 g/mol. The van der Waals surface area contributed by atoms with E-state index < -0.39 is 5.97 Å². The fourth-order valence-corrected chi connectivity index (χ4v) is 4.70. The van der Waals surface area contributed by atoms with Crippen molar-refractivity contribution in [3.8, 4) is 34.0 Å². The molecule has 0 spiro atoms. The second kappa shape index (κ2) is 11.9. The topological polar surface area (TPSA) is 90.9 Å². The second-order valence-corrected chi connectivity index (χ2v) is 9.45. The molecule has 39 heavy (non-hydrogen) atoms. The first-order valence-corrected chi connectivity index (χ1v) is 13.1. The number of rotatable bonds is 7. The van der Waals surface area contributed by atoms with E-state index in [0.29, 0.717) is 41.1 Å². The van der Waals surface area contributed by atoms with Crippen molar-refractivity contribution in [1.82, 2.24) is 14.9 Å². The van der Waals surface area contributed by atoms with E-state index >= 15 is 0 Å². The molecule has 1 aromatic heterocycles. The predicted molar refractivity (Wildman–Crippen MR) is 149 cm³/mol. The van der Waals surface area contributed by atoms with E-state index in [1.165, 1.54) is 0 Å². The van der Waals surface area contributed by atoms with Gasteiger partial charge in [0.15, 0.2) is 6.61 Å². The van der Waals surface area contributed by atoms with Gasteiger partial charge in [-0.15, -0.1) is 0 Å². The number of likely N-dealkylation sites (tertiary alicyclic amines) is 1. The predicted octanol–water partition coefficient (Wildman–Crippen LogP) is 5.54. The van der Waals surface area contributed by atoms with Gasteiger partial charge in [0.25, 0.3) is 5.91 Å². The summed E-state index contributed by atoms with van der Waals surface area (Å²) in [5.41, 5.74) is 4.60. The summed E-state index contributed by atoms with van der Waals surface area (Å²) in [5.74, 6) is 0.762. The molecule has 200 valence electrons. The van der Waals surface area contributed by atoms with Crippen LogP contribution in [0.15, 0.2) is 66.7 Å². The average Bonchev–Trinajstić information content (AvgIpc) is 3.29. The molecule has 4 aromatic rings. The molecule has 0 aliphatic carbocycles. The Morgan fingerprint density at radius 3 is 1.79 bits per heavy atom. The zero-order valence-corrected chi connectivity index (χ0v) is 22.2. The minimum Gasteiger partial charge on any atom is -0.497 e. The van der Waals surface area contributed by atoms with E-state index in [4.69, 9.17) is 24.2 Å². The maximum Gasteiger partial charge on any atom is 0.338 e. The number of aromatic nitrogens is 2. The lowest BCUT2D eigenvalue weighted by molar-refractivity contribution is -0.134. The van der Waals surface area contributed by atoms with Gasteiger partial charge in [-0.1, -0.05) is 12.8 Å². The van der Waals surface area contributed by atoms with Crippen LogP contribution in [0.1, 0.15) is 36.0 Å². The zero-order chi connectivity index (χ0) is 27.2. The van der Waals surface area contributed by atoms with Crippen LogP contribution in [0.4, 0.5) is 0 Å². The number of carbonyl (C=O) groups is 2. The highest BCUT2D eigenvalue weighted by molar-refractivity contribution is 5.96. The lowest BCUT2D eigenvalue weighted by Crippen LogP contribution is -2.35. The molecule has 0 saturated carbocycles. The van der Waals surface area contributed by atoms with Crippen LogP contribution < -0.4 is 9.47 Å². The summed E-state index contributed by atoms with van der Waals surface area (Å²) in [4.78, 5) is 37.0. The van der Waals surface area contributed by atoms with Crippen LogP contribution in [0, 0.1) is 0 Å². The highest BCUT2D eigenvalue weighted by Crippen LogP contribution is 2.33. The van der Waals surface area contributed by atoms with Gasteiger partial charge in [-0.25, -0.2) is 14.8 Å². The molecule has 1 saturated heterocycles. The van der Waals surface area contributed by atoms with Gasteiger partial charge in [0, 0.05) is 24.2 Å². The first kappa shape index (κ1) is 26.2. The summed E-state index contributed by atoms with van der Waals surface area (Å²) in [6.45, 7) is 1.16. The molecule has 8 nitrogen and oxygen atoms in total. The van der Waals surface area contributed by atoms with Crippen molar-refractivity contribution >= 4 is 22.9 Å². The maximum absolute atomic E-state index is 12.9. The van der Waals surface area contributed by atoms with Crippen LogP contribution in [-0.2, 0) is 9.53 Å². The lowest BCUT2D eigenvalue weighted by Gasteiger charge is -2.19. The number of methoxy groups -OCH3 is 2. The number of hydrogen-bond donors (Lipinski definition) is 0. The number of benzene rings is 3. The molecule has 0 bridgehead atoms. The van der Waals surface area contributed by atoms with E-state index in [1.54, 1.807) is 37.3 Å². The number of hydrogen-bond acceptors (Lipinski definition) is 7. The maximum atomic E-state index is 12.9. The van der Waals surface area contributed by atoms with Crippen molar-refractivity contribution in [3.05, 3.63) is 72.3 Å². The fourth-order valence-electron chi connectivity index (χ4n) is 4.70. The Labute approximate surface area is 227 Å². The van der Waals surface area contributed by atoms with Crippen LogP contribution in [0.25, 0.3) is 33.5 Å². The number of ether oxygens (including phenoxy) is 3. The smallest absolute Gasteiger partial charge is 0.338 e. The van der Waals surface area contributed by atoms with Crippen LogP contribution in [0.2, 0.25) is 0 Å². The molecule has 1 aliphatic heterocycles. The van der Waals surface area contributed by atoms with Crippen LogP contribution in [0.5, 0.6) is 11.5 Å². The number of fused-ring (bicyclic) bond motifs is 1. The molecule has 1 amide bonds. The van der Waals surface area contributed by atoms with Gasteiger partial charge in [0.2, 0.25) is 0 Å². The molecule has 0 atom stereocenters. The minimum absolute atomic E-state index is 0.156. The third-order valence-electron chi connectivity index (χ3n) is 6.91. The lowest BCUT2D eigenvalue weighted by atomic mass is 10.0. The molecule has 3 aromatic carbocycles. The normalized spacial score (nSPS) is 13.5. The van der Waals surface area contributed by atoms with Gasteiger partial charge >= 0.3 is 5.97 Å². The third kappa shape index (κ3) is 6.00. The minimum atomic E-state index is -0.563. The van der Waals surface area contributed by atoms with E-state index in [1.807, 2.05) is 48.5 Å². The standard InChI is InChI=1S/C31H31N3O5/c1-37-24-12-7-21(8-13-24)29-30(22-9-14-25(38-2)15-10-22)33-27-19-23(11-16-26(27)32-29)31(36)39-20-28(35)34-17-5-3-4-6-18-34/h7-16,19H,3-6,17-18,20H2,1-2H3. The molecule has 0 radical (unpaired) electrons. The van der Waals surface area contributed by atoms with Gasteiger partial charge in [-0.3, -0.25) is 4.79 Å². The van der Waals surface area contributed by atoms with E-state index in [2.05, 4.69) is 0 Å². The molecular formula is C31H31N3O5. The van der Waals surface area contributed by atoms with Crippen molar-refractivity contribution in [2.45, 2.75) is 25.7 Å². The van der Waals surface area contributed by atoms with Crippen LogP contribution >= 0.6 is 0 Å².